The molecule has 1 unspecified atom stereocenters. The van der Waals surface area contributed by atoms with E-state index in [1.54, 1.807) is 0 Å². The molecule has 2 aliphatic rings. The van der Waals surface area contributed by atoms with Gasteiger partial charge in [0.25, 0.3) is 0 Å². The summed E-state index contributed by atoms with van der Waals surface area (Å²) < 4.78 is 5.35. The standard InChI is InChI=1S/C16H23N3O2/c1-17-7-8-19(16(20)18-9-11-21-12-10-18)15(13-17)14-5-3-2-4-6-14/h2-6,15H,7-13H2,1H3. The molecule has 0 aliphatic carbocycles. The van der Waals surface area contributed by atoms with Gasteiger partial charge in [-0.25, -0.2) is 4.79 Å². The minimum Gasteiger partial charge on any atom is -0.378 e. The molecule has 1 atom stereocenters. The van der Waals surface area contributed by atoms with Gasteiger partial charge in [-0.2, -0.15) is 0 Å². The number of piperazine rings is 1. The van der Waals surface area contributed by atoms with Gasteiger partial charge in [-0.05, 0) is 12.6 Å². The number of ether oxygens (including phenoxy) is 1. The summed E-state index contributed by atoms with van der Waals surface area (Å²) in [4.78, 5) is 19.1. The van der Waals surface area contributed by atoms with Crippen LogP contribution in [0.3, 0.4) is 0 Å². The topological polar surface area (TPSA) is 36.0 Å². The van der Waals surface area contributed by atoms with Crippen LogP contribution < -0.4 is 0 Å². The van der Waals surface area contributed by atoms with E-state index in [2.05, 4.69) is 24.1 Å². The van der Waals surface area contributed by atoms with Crippen molar-refractivity contribution >= 4 is 6.03 Å². The van der Waals surface area contributed by atoms with Gasteiger partial charge in [0.15, 0.2) is 0 Å². The molecule has 21 heavy (non-hydrogen) atoms. The minimum absolute atomic E-state index is 0.139. The Morgan fingerprint density at radius 2 is 1.81 bits per heavy atom. The molecule has 3 rings (SSSR count). The van der Waals surface area contributed by atoms with E-state index >= 15 is 0 Å². The smallest absolute Gasteiger partial charge is 0.320 e. The molecule has 0 bridgehead atoms. The third-order valence-corrected chi connectivity index (χ3v) is 4.30. The molecular formula is C16H23N3O2. The van der Waals surface area contributed by atoms with Crippen LogP contribution >= 0.6 is 0 Å². The van der Waals surface area contributed by atoms with Crippen LogP contribution in [0.4, 0.5) is 4.79 Å². The summed E-state index contributed by atoms with van der Waals surface area (Å²) in [6.07, 6.45) is 0. The highest BCUT2D eigenvalue weighted by molar-refractivity contribution is 5.75. The lowest BCUT2D eigenvalue weighted by Gasteiger charge is -2.43. The molecular weight excluding hydrogens is 266 g/mol. The first-order valence-electron chi connectivity index (χ1n) is 7.62. The molecule has 0 aromatic heterocycles. The summed E-state index contributed by atoms with van der Waals surface area (Å²) in [5.74, 6) is 0. The highest BCUT2D eigenvalue weighted by atomic mass is 16.5. The second kappa shape index (κ2) is 6.45. The highest BCUT2D eigenvalue weighted by Crippen LogP contribution is 2.26. The number of likely N-dealkylation sites (N-methyl/N-ethyl adjacent to an activating group) is 1. The quantitative estimate of drug-likeness (QED) is 0.784. The predicted octanol–water partition coefficient (Wildman–Crippen LogP) is 1.43. The lowest BCUT2D eigenvalue weighted by atomic mass is 10.0. The maximum atomic E-state index is 12.8. The number of carbonyl (C=O) groups is 1. The van der Waals surface area contributed by atoms with Crippen LogP contribution in [0.2, 0.25) is 0 Å². The molecule has 2 amide bonds. The van der Waals surface area contributed by atoms with E-state index in [1.807, 2.05) is 28.0 Å². The van der Waals surface area contributed by atoms with Crippen molar-refractivity contribution in [3.8, 4) is 0 Å². The van der Waals surface area contributed by atoms with E-state index < -0.39 is 0 Å². The predicted molar refractivity (Wildman–Crippen MR) is 81.2 cm³/mol. The molecule has 2 fully saturated rings. The van der Waals surface area contributed by atoms with Crippen molar-refractivity contribution in [3.63, 3.8) is 0 Å². The number of amides is 2. The van der Waals surface area contributed by atoms with Crippen LogP contribution in [0, 0.1) is 0 Å². The summed E-state index contributed by atoms with van der Waals surface area (Å²) in [6.45, 7) is 5.30. The Kier molecular flexibility index (Phi) is 4.41. The van der Waals surface area contributed by atoms with E-state index in [9.17, 15) is 4.79 Å². The number of rotatable bonds is 1. The van der Waals surface area contributed by atoms with Crippen LogP contribution in [-0.2, 0) is 4.74 Å². The van der Waals surface area contributed by atoms with Gasteiger partial charge in [-0.1, -0.05) is 30.3 Å². The fraction of sp³-hybridized carbons (Fsp3) is 0.562. The zero-order valence-corrected chi connectivity index (χ0v) is 12.6. The molecule has 1 aromatic rings. The van der Waals surface area contributed by atoms with Crippen molar-refractivity contribution in [1.82, 2.24) is 14.7 Å². The Morgan fingerprint density at radius 3 is 2.52 bits per heavy atom. The van der Waals surface area contributed by atoms with Gasteiger partial charge < -0.3 is 19.4 Å². The molecule has 114 valence electrons. The number of hydrogen-bond acceptors (Lipinski definition) is 3. The lowest BCUT2D eigenvalue weighted by Crippen LogP contribution is -2.55. The molecule has 0 saturated carbocycles. The van der Waals surface area contributed by atoms with E-state index in [-0.39, 0.29) is 12.1 Å². The third-order valence-electron chi connectivity index (χ3n) is 4.30. The fourth-order valence-electron chi connectivity index (χ4n) is 3.05. The Balaban J connectivity index is 1.79. The number of carbonyl (C=O) groups excluding carboxylic acids is 1. The maximum Gasteiger partial charge on any atom is 0.320 e. The lowest BCUT2D eigenvalue weighted by molar-refractivity contribution is 0.0293. The fourth-order valence-corrected chi connectivity index (χ4v) is 3.05. The summed E-state index contributed by atoms with van der Waals surface area (Å²) in [7, 11) is 2.12. The van der Waals surface area contributed by atoms with E-state index in [4.69, 9.17) is 4.74 Å². The second-order valence-electron chi connectivity index (χ2n) is 5.76. The normalized spacial score (nSPS) is 24.1. The molecule has 1 aromatic carbocycles. The molecule has 0 spiro atoms. The molecule has 0 radical (unpaired) electrons. The number of benzene rings is 1. The Morgan fingerprint density at radius 1 is 1.10 bits per heavy atom. The minimum atomic E-state index is 0.139. The van der Waals surface area contributed by atoms with Gasteiger partial charge in [-0.15, -0.1) is 0 Å². The third kappa shape index (κ3) is 3.19. The van der Waals surface area contributed by atoms with Crippen molar-refractivity contribution in [2.45, 2.75) is 6.04 Å². The van der Waals surface area contributed by atoms with E-state index in [0.29, 0.717) is 26.3 Å². The second-order valence-corrected chi connectivity index (χ2v) is 5.76. The summed E-state index contributed by atoms with van der Waals surface area (Å²) >= 11 is 0. The van der Waals surface area contributed by atoms with Crippen molar-refractivity contribution in [1.29, 1.82) is 0 Å². The average molecular weight is 289 g/mol. The SMILES string of the molecule is CN1CCN(C(=O)N2CCOCC2)C(c2ccccc2)C1. The summed E-state index contributed by atoms with van der Waals surface area (Å²) in [5, 5.41) is 0. The first-order chi connectivity index (χ1) is 10.3. The van der Waals surface area contributed by atoms with Gasteiger partial charge in [-0.3, -0.25) is 0 Å². The Bertz CT molecular complexity index is 474. The summed E-state index contributed by atoms with van der Waals surface area (Å²) in [5.41, 5.74) is 1.21. The van der Waals surface area contributed by atoms with E-state index in [1.165, 1.54) is 5.56 Å². The van der Waals surface area contributed by atoms with Crippen LogP contribution in [0.5, 0.6) is 0 Å². The number of urea groups is 1. The zero-order chi connectivity index (χ0) is 14.7. The van der Waals surface area contributed by atoms with Crippen LogP contribution in [0.25, 0.3) is 0 Å². The molecule has 2 saturated heterocycles. The van der Waals surface area contributed by atoms with Gasteiger partial charge in [0.2, 0.25) is 0 Å². The molecule has 5 heteroatoms. The van der Waals surface area contributed by atoms with Crippen LogP contribution in [-0.4, -0.2) is 73.7 Å². The van der Waals surface area contributed by atoms with Crippen LogP contribution in [0.15, 0.2) is 30.3 Å². The number of nitrogens with zero attached hydrogens (tertiary/aromatic N) is 3. The van der Waals surface area contributed by atoms with Crippen molar-refractivity contribution in [2.24, 2.45) is 0 Å². The van der Waals surface area contributed by atoms with Crippen molar-refractivity contribution < 1.29 is 9.53 Å². The van der Waals surface area contributed by atoms with Crippen LogP contribution in [0.1, 0.15) is 11.6 Å². The molecule has 2 aliphatic heterocycles. The van der Waals surface area contributed by atoms with Gasteiger partial charge >= 0.3 is 6.03 Å². The molecule has 2 heterocycles. The maximum absolute atomic E-state index is 12.8. The molecule has 5 nitrogen and oxygen atoms in total. The zero-order valence-electron chi connectivity index (χ0n) is 12.6. The Hall–Kier alpha value is -1.59. The average Bonchev–Trinajstić information content (AvgIpc) is 2.56. The van der Waals surface area contributed by atoms with Gasteiger partial charge in [0.05, 0.1) is 19.3 Å². The van der Waals surface area contributed by atoms with Gasteiger partial charge in [0, 0.05) is 32.7 Å². The highest BCUT2D eigenvalue weighted by Gasteiger charge is 2.33. The van der Waals surface area contributed by atoms with Crippen molar-refractivity contribution in [2.75, 3.05) is 53.0 Å². The summed E-state index contributed by atoms with van der Waals surface area (Å²) in [6, 6.07) is 10.6. The Labute approximate surface area is 126 Å². The monoisotopic (exact) mass is 289 g/mol. The van der Waals surface area contributed by atoms with E-state index in [0.717, 1.165) is 19.6 Å². The van der Waals surface area contributed by atoms with Crippen molar-refractivity contribution in [3.05, 3.63) is 35.9 Å². The van der Waals surface area contributed by atoms with Gasteiger partial charge in [0.1, 0.15) is 0 Å². The number of morpholine rings is 1. The largest absolute Gasteiger partial charge is 0.378 e. The molecule has 0 N–H and O–H groups in total. The number of hydrogen-bond donors (Lipinski definition) is 0. The first kappa shape index (κ1) is 14.4. The first-order valence-corrected chi connectivity index (χ1v) is 7.62.